The first kappa shape index (κ1) is 23.7. The zero-order valence-corrected chi connectivity index (χ0v) is 19.9. The van der Waals surface area contributed by atoms with Crippen LogP contribution in [0.1, 0.15) is 23.2 Å². The number of esters is 1. The summed E-state index contributed by atoms with van der Waals surface area (Å²) in [6, 6.07) is 12.6. The minimum absolute atomic E-state index is 0.00376. The molecule has 0 aromatic heterocycles. The zero-order chi connectivity index (χ0) is 24.7. The summed E-state index contributed by atoms with van der Waals surface area (Å²) in [6.07, 6.45) is 0.240. The molecule has 10 nitrogen and oxygen atoms in total. The number of nitrogens with zero attached hydrogens (tertiary/aromatic N) is 3. The van der Waals surface area contributed by atoms with Gasteiger partial charge in [-0.25, -0.2) is 17.5 Å². The number of sulfonamides is 1. The maximum atomic E-state index is 13.2. The van der Waals surface area contributed by atoms with Crippen LogP contribution in [0.15, 0.2) is 53.4 Å². The number of amides is 2. The molecule has 34 heavy (non-hydrogen) atoms. The van der Waals surface area contributed by atoms with Crippen molar-refractivity contribution in [2.45, 2.75) is 23.4 Å². The molecule has 2 aromatic carbocycles. The summed E-state index contributed by atoms with van der Waals surface area (Å²) in [7, 11) is 0.842. The Balaban J connectivity index is 1.43. The van der Waals surface area contributed by atoms with E-state index < -0.39 is 21.7 Å². The van der Waals surface area contributed by atoms with E-state index in [1.807, 2.05) is 0 Å². The van der Waals surface area contributed by atoms with Gasteiger partial charge < -0.3 is 14.4 Å². The molecule has 0 spiro atoms. The summed E-state index contributed by atoms with van der Waals surface area (Å²) in [5.74, 6) is -0.918. The van der Waals surface area contributed by atoms with Gasteiger partial charge in [-0.3, -0.25) is 14.5 Å². The lowest BCUT2D eigenvalue weighted by atomic mass is 9.97. The van der Waals surface area contributed by atoms with E-state index in [-0.39, 0.29) is 42.8 Å². The highest BCUT2D eigenvalue weighted by molar-refractivity contribution is 7.89. The first-order chi connectivity index (χ1) is 16.1. The van der Waals surface area contributed by atoms with E-state index in [0.29, 0.717) is 17.0 Å². The van der Waals surface area contributed by atoms with Crippen molar-refractivity contribution in [2.24, 2.45) is 0 Å². The molecule has 0 radical (unpaired) electrons. The van der Waals surface area contributed by atoms with Crippen LogP contribution in [-0.4, -0.2) is 75.4 Å². The maximum absolute atomic E-state index is 13.2. The molecular weight excluding hydrogens is 462 g/mol. The lowest BCUT2D eigenvalue weighted by Gasteiger charge is -2.46. The van der Waals surface area contributed by atoms with E-state index in [1.165, 1.54) is 55.2 Å². The van der Waals surface area contributed by atoms with Crippen LogP contribution in [0.4, 0.5) is 5.69 Å². The summed E-state index contributed by atoms with van der Waals surface area (Å²) in [4.78, 5) is 41.6. The number of likely N-dealkylation sites (N-methyl/N-ethyl adjacent to an activating group) is 1. The molecule has 0 saturated carbocycles. The average molecular weight is 488 g/mol. The zero-order valence-electron chi connectivity index (χ0n) is 19.1. The smallest absolute Gasteiger partial charge is 0.353 e. The highest BCUT2D eigenvalue weighted by Crippen LogP contribution is 2.44. The number of ether oxygens (including phenoxy) is 2. The second-order valence-electron chi connectivity index (χ2n) is 8.17. The summed E-state index contributed by atoms with van der Waals surface area (Å²) in [6.45, 7) is -0.117. The highest BCUT2D eigenvalue weighted by atomic mass is 32.2. The van der Waals surface area contributed by atoms with Crippen LogP contribution >= 0.6 is 0 Å². The maximum Gasteiger partial charge on any atom is 0.353 e. The standard InChI is InChI=1S/C23H25N3O7S/c1-24(2)34(30,31)17-10-8-16(9-11-17)32-14-15-33-22(29)23-13-12-20(27)26(23)19-7-5-4-6-18(19)21(28)25(23)3/h4-11H,12-15H2,1-3H3/t23-/m0/s1. The van der Waals surface area contributed by atoms with Gasteiger partial charge in [0.25, 0.3) is 5.91 Å². The Kier molecular flexibility index (Phi) is 6.09. The second-order valence-corrected chi connectivity index (χ2v) is 10.3. The van der Waals surface area contributed by atoms with Gasteiger partial charge in [-0.1, -0.05) is 12.1 Å². The fourth-order valence-electron chi connectivity index (χ4n) is 4.22. The number of anilines is 1. The Labute approximate surface area is 197 Å². The van der Waals surface area contributed by atoms with E-state index >= 15 is 0 Å². The fraction of sp³-hybridized carbons (Fsp3) is 0.348. The van der Waals surface area contributed by atoms with Crippen LogP contribution < -0.4 is 9.64 Å². The molecule has 2 aliphatic heterocycles. The molecule has 0 aliphatic carbocycles. The van der Waals surface area contributed by atoms with Gasteiger partial charge in [0.1, 0.15) is 19.0 Å². The van der Waals surface area contributed by atoms with Gasteiger partial charge in [-0.2, -0.15) is 0 Å². The Bertz CT molecular complexity index is 1240. The average Bonchev–Trinajstić information content (AvgIpc) is 3.18. The lowest BCUT2D eigenvalue weighted by molar-refractivity contribution is -0.157. The van der Waals surface area contributed by atoms with Crippen molar-refractivity contribution in [1.82, 2.24) is 9.21 Å². The molecule has 4 rings (SSSR count). The van der Waals surface area contributed by atoms with Gasteiger partial charge in [0.15, 0.2) is 0 Å². The van der Waals surface area contributed by atoms with E-state index in [1.54, 1.807) is 24.3 Å². The summed E-state index contributed by atoms with van der Waals surface area (Å²) < 4.78 is 36.4. The van der Waals surface area contributed by atoms with Crippen LogP contribution in [0.3, 0.4) is 0 Å². The van der Waals surface area contributed by atoms with Crippen molar-refractivity contribution in [2.75, 3.05) is 39.3 Å². The molecule has 180 valence electrons. The molecule has 1 saturated heterocycles. The SMILES string of the molecule is CN1C(=O)c2ccccc2N2C(=O)CC[C@]12C(=O)OCCOc1ccc(S(=O)(=O)N(C)C)cc1. The summed E-state index contributed by atoms with van der Waals surface area (Å²) >= 11 is 0. The van der Waals surface area contributed by atoms with Crippen LogP contribution in [0.5, 0.6) is 5.75 Å². The van der Waals surface area contributed by atoms with Crippen molar-refractivity contribution in [3.8, 4) is 5.75 Å². The number of hydrogen-bond acceptors (Lipinski definition) is 7. The number of hydrogen-bond donors (Lipinski definition) is 0. The summed E-state index contributed by atoms with van der Waals surface area (Å²) in [5, 5.41) is 0. The van der Waals surface area contributed by atoms with Crippen LogP contribution in [0.2, 0.25) is 0 Å². The number of benzene rings is 2. The van der Waals surface area contributed by atoms with Crippen molar-refractivity contribution < 1.29 is 32.3 Å². The molecular formula is C23H25N3O7S. The van der Waals surface area contributed by atoms with Crippen LogP contribution in [-0.2, 0) is 24.3 Å². The first-order valence-electron chi connectivity index (χ1n) is 10.6. The minimum atomic E-state index is -3.54. The molecule has 1 fully saturated rings. The third-order valence-electron chi connectivity index (χ3n) is 6.06. The highest BCUT2D eigenvalue weighted by Gasteiger charge is 2.60. The van der Waals surface area contributed by atoms with E-state index in [0.717, 1.165) is 4.31 Å². The van der Waals surface area contributed by atoms with Gasteiger partial charge in [-0.15, -0.1) is 0 Å². The van der Waals surface area contributed by atoms with Gasteiger partial charge >= 0.3 is 5.97 Å². The van der Waals surface area contributed by atoms with Crippen LogP contribution in [0.25, 0.3) is 0 Å². The third kappa shape index (κ3) is 3.70. The molecule has 11 heteroatoms. The van der Waals surface area contributed by atoms with Gasteiger partial charge in [-0.05, 0) is 36.4 Å². The molecule has 2 heterocycles. The Hall–Kier alpha value is -3.44. The van der Waals surface area contributed by atoms with Gasteiger partial charge in [0.2, 0.25) is 21.6 Å². The van der Waals surface area contributed by atoms with E-state index in [2.05, 4.69) is 0 Å². The topological polar surface area (TPSA) is 114 Å². The van der Waals surface area contributed by atoms with Crippen molar-refractivity contribution >= 4 is 33.5 Å². The summed E-state index contributed by atoms with van der Waals surface area (Å²) in [5.41, 5.74) is -0.786. The number of carbonyl (C=O) groups excluding carboxylic acids is 3. The van der Waals surface area contributed by atoms with Gasteiger partial charge in [0, 0.05) is 34.0 Å². The molecule has 0 N–H and O–H groups in total. The Morgan fingerprint density at radius 1 is 1.06 bits per heavy atom. The minimum Gasteiger partial charge on any atom is -0.490 e. The quantitative estimate of drug-likeness (QED) is 0.429. The molecule has 2 amide bonds. The third-order valence-corrected chi connectivity index (χ3v) is 7.89. The van der Waals surface area contributed by atoms with Crippen molar-refractivity contribution in [3.05, 3.63) is 54.1 Å². The molecule has 2 aromatic rings. The molecule has 0 bridgehead atoms. The Morgan fingerprint density at radius 2 is 1.74 bits per heavy atom. The van der Waals surface area contributed by atoms with E-state index in [9.17, 15) is 22.8 Å². The van der Waals surface area contributed by atoms with E-state index in [4.69, 9.17) is 9.47 Å². The largest absolute Gasteiger partial charge is 0.490 e. The number of para-hydroxylation sites is 1. The predicted octanol–water partition coefficient (Wildman–Crippen LogP) is 1.47. The fourth-order valence-corrected chi connectivity index (χ4v) is 5.12. The molecule has 1 atom stereocenters. The second kappa shape index (κ2) is 8.73. The first-order valence-corrected chi connectivity index (χ1v) is 12.1. The predicted molar refractivity (Wildman–Crippen MR) is 122 cm³/mol. The number of rotatable bonds is 7. The molecule has 2 aliphatic rings. The van der Waals surface area contributed by atoms with Gasteiger partial charge in [0.05, 0.1) is 16.1 Å². The number of carbonyl (C=O) groups is 3. The monoisotopic (exact) mass is 487 g/mol. The Morgan fingerprint density at radius 3 is 2.41 bits per heavy atom. The number of fused-ring (bicyclic) bond motifs is 3. The lowest BCUT2D eigenvalue weighted by Crippen LogP contribution is -2.67. The van der Waals surface area contributed by atoms with Crippen LogP contribution in [0, 0.1) is 0 Å². The molecule has 0 unspecified atom stereocenters. The van der Waals surface area contributed by atoms with Crippen molar-refractivity contribution in [1.29, 1.82) is 0 Å². The van der Waals surface area contributed by atoms with Crippen molar-refractivity contribution in [3.63, 3.8) is 0 Å². The normalized spacial score (nSPS) is 19.8.